The normalized spacial score (nSPS) is 34.9. The van der Waals surface area contributed by atoms with E-state index in [1.807, 2.05) is 0 Å². The molecule has 0 atom stereocenters. The van der Waals surface area contributed by atoms with Crippen LogP contribution in [0, 0.1) is 28.1 Å². The molecule has 1 saturated heterocycles. The van der Waals surface area contributed by atoms with Crippen LogP contribution in [0.5, 0.6) is 0 Å². The van der Waals surface area contributed by atoms with E-state index in [0.29, 0.717) is 11.0 Å². The van der Waals surface area contributed by atoms with Gasteiger partial charge in [-0.25, -0.2) is 0 Å². The van der Waals surface area contributed by atoms with Crippen LogP contribution >= 0.6 is 0 Å². The largest absolute Gasteiger partial charge is 0.303 e. The third kappa shape index (κ3) is 3.91. The second kappa shape index (κ2) is 7.20. The summed E-state index contributed by atoms with van der Waals surface area (Å²) in [6, 6.07) is 2.46. The van der Waals surface area contributed by atoms with E-state index in [0.717, 1.165) is 18.9 Å². The van der Waals surface area contributed by atoms with Crippen molar-refractivity contribution >= 4 is 0 Å². The Kier molecular flexibility index (Phi) is 5.52. The highest BCUT2D eigenvalue weighted by molar-refractivity contribution is 5.05. The maximum atomic E-state index is 9.25. The van der Waals surface area contributed by atoms with E-state index in [2.05, 4.69) is 43.8 Å². The minimum absolute atomic E-state index is 0.176. The van der Waals surface area contributed by atoms with Crippen LogP contribution in [-0.2, 0) is 0 Å². The number of rotatable bonds is 5. The number of nitrogens with zero attached hydrogens (tertiary/aromatic N) is 3. The first-order valence-corrected chi connectivity index (χ1v) is 10.6. The molecule has 3 rings (SSSR count). The van der Waals surface area contributed by atoms with Crippen molar-refractivity contribution in [1.82, 2.24) is 9.80 Å². The fourth-order valence-electron chi connectivity index (χ4n) is 6.02. The first kappa shape index (κ1) is 19.2. The number of hydrogen-bond donors (Lipinski definition) is 0. The van der Waals surface area contributed by atoms with Crippen LogP contribution in [0.25, 0.3) is 0 Å². The van der Waals surface area contributed by atoms with Gasteiger partial charge in [0.15, 0.2) is 0 Å². The van der Waals surface area contributed by atoms with Crippen molar-refractivity contribution in [3.63, 3.8) is 0 Å². The zero-order valence-electron chi connectivity index (χ0n) is 17.1. The van der Waals surface area contributed by atoms with E-state index < -0.39 is 0 Å². The molecule has 25 heavy (non-hydrogen) atoms. The Balaban J connectivity index is 1.57. The Hall–Kier alpha value is -0.590. The van der Waals surface area contributed by atoms with Gasteiger partial charge in [-0.05, 0) is 104 Å². The molecule has 0 bridgehead atoms. The van der Waals surface area contributed by atoms with E-state index in [4.69, 9.17) is 0 Å². The molecule has 0 amide bonds. The van der Waals surface area contributed by atoms with Crippen LogP contribution in [0.3, 0.4) is 0 Å². The molecule has 142 valence electrons. The molecule has 0 aromatic heterocycles. The standard InChI is InChI=1S/C22H39N3/c1-20(2,17-23)13-15-25-16-14-21(18-25)9-11-22(12-10-21,24(3)4)19-7-5-6-8-19/h19H,5-16,18H2,1-4H3. The summed E-state index contributed by atoms with van der Waals surface area (Å²) >= 11 is 0. The fourth-order valence-corrected chi connectivity index (χ4v) is 6.02. The average Bonchev–Trinajstić information content (AvgIpc) is 3.25. The molecular formula is C22H39N3. The number of nitriles is 1. The van der Waals surface area contributed by atoms with Gasteiger partial charge in [-0.3, -0.25) is 0 Å². The highest BCUT2D eigenvalue weighted by Crippen LogP contribution is 2.53. The molecule has 1 aliphatic heterocycles. The summed E-state index contributed by atoms with van der Waals surface area (Å²) in [7, 11) is 4.67. The molecule has 2 aliphatic carbocycles. The molecule has 3 fully saturated rings. The summed E-state index contributed by atoms with van der Waals surface area (Å²) in [5.41, 5.74) is 0.887. The Morgan fingerprint density at radius 2 is 1.72 bits per heavy atom. The second-order valence-corrected chi connectivity index (χ2v) is 10.3. The Labute approximate surface area is 155 Å². The van der Waals surface area contributed by atoms with Crippen LogP contribution in [-0.4, -0.2) is 49.1 Å². The van der Waals surface area contributed by atoms with Gasteiger partial charge in [0, 0.05) is 12.1 Å². The summed E-state index contributed by atoms with van der Waals surface area (Å²) in [6.07, 6.45) is 13.9. The molecule has 3 aliphatic rings. The lowest BCUT2D eigenvalue weighted by atomic mass is 9.62. The summed E-state index contributed by atoms with van der Waals surface area (Å²) in [5, 5.41) is 9.25. The molecule has 0 aromatic carbocycles. The number of hydrogen-bond acceptors (Lipinski definition) is 3. The molecular weight excluding hydrogens is 306 g/mol. The Bertz CT molecular complexity index is 488. The summed E-state index contributed by atoms with van der Waals surface area (Å²) in [6.45, 7) is 7.78. The molecule has 2 saturated carbocycles. The van der Waals surface area contributed by atoms with Crippen molar-refractivity contribution in [1.29, 1.82) is 5.26 Å². The van der Waals surface area contributed by atoms with Gasteiger partial charge in [0.25, 0.3) is 0 Å². The van der Waals surface area contributed by atoms with Gasteiger partial charge < -0.3 is 9.80 Å². The minimum Gasteiger partial charge on any atom is -0.303 e. The fraction of sp³-hybridized carbons (Fsp3) is 0.955. The van der Waals surface area contributed by atoms with E-state index in [-0.39, 0.29) is 5.41 Å². The van der Waals surface area contributed by atoms with Gasteiger partial charge in [0.05, 0.1) is 11.5 Å². The summed E-state index contributed by atoms with van der Waals surface area (Å²) in [5.74, 6) is 0.939. The van der Waals surface area contributed by atoms with Gasteiger partial charge in [0.1, 0.15) is 0 Å². The van der Waals surface area contributed by atoms with Crippen LogP contribution in [0.2, 0.25) is 0 Å². The maximum absolute atomic E-state index is 9.25. The lowest BCUT2D eigenvalue weighted by Crippen LogP contribution is -2.54. The quantitative estimate of drug-likeness (QED) is 0.724. The third-order valence-corrected chi connectivity index (χ3v) is 8.06. The SMILES string of the molecule is CN(C)C1(C2CCCC2)CCC2(CCN(CCC(C)(C)C#N)C2)CC1. The Morgan fingerprint density at radius 3 is 2.28 bits per heavy atom. The third-order valence-electron chi connectivity index (χ3n) is 8.06. The molecule has 3 nitrogen and oxygen atoms in total. The molecule has 0 N–H and O–H groups in total. The zero-order valence-corrected chi connectivity index (χ0v) is 17.1. The van der Waals surface area contributed by atoms with Crippen molar-refractivity contribution < 1.29 is 0 Å². The van der Waals surface area contributed by atoms with Crippen LogP contribution < -0.4 is 0 Å². The molecule has 0 unspecified atom stereocenters. The predicted molar refractivity (Wildman–Crippen MR) is 104 cm³/mol. The van der Waals surface area contributed by atoms with Gasteiger partial charge in [0.2, 0.25) is 0 Å². The van der Waals surface area contributed by atoms with E-state index in [1.165, 1.54) is 70.9 Å². The Morgan fingerprint density at radius 1 is 1.08 bits per heavy atom. The van der Waals surface area contributed by atoms with Crippen molar-refractivity contribution in [2.75, 3.05) is 33.7 Å². The van der Waals surface area contributed by atoms with Crippen molar-refractivity contribution in [2.24, 2.45) is 16.7 Å². The second-order valence-electron chi connectivity index (χ2n) is 10.3. The van der Waals surface area contributed by atoms with Gasteiger partial charge in [-0.2, -0.15) is 5.26 Å². The predicted octanol–water partition coefficient (Wildman–Crippen LogP) is 4.68. The highest BCUT2D eigenvalue weighted by Gasteiger charge is 2.50. The highest BCUT2D eigenvalue weighted by atomic mass is 15.2. The molecule has 1 heterocycles. The molecule has 0 radical (unpaired) electrons. The monoisotopic (exact) mass is 345 g/mol. The lowest BCUT2D eigenvalue weighted by molar-refractivity contribution is -0.00237. The van der Waals surface area contributed by atoms with Gasteiger partial charge in [-0.1, -0.05) is 12.8 Å². The summed E-state index contributed by atoms with van der Waals surface area (Å²) in [4.78, 5) is 5.25. The topological polar surface area (TPSA) is 30.3 Å². The smallest absolute Gasteiger partial charge is 0.0684 e. The first-order chi connectivity index (χ1) is 11.8. The van der Waals surface area contributed by atoms with Crippen LogP contribution in [0.4, 0.5) is 0 Å². The minimum atomic E-state index is -0.176. The lowest BCUT2D eigenvalue weighted by Gasteiger charge is -2.52. The van der Waals surface area contributed by atoms with Crippen molar-refractivity contribution in [3.05, 3.63) is 0 Å². The zero-order chi connectivity index (χ0) is 18.1. The van der Waals surface area contributed by atoms with Crippen LogP contribution in [0.15, 0.2) is 0 Å². The van der Waals surface area contributed by atoms with Crippen LogP contribution in [0.1, 0.15) is 78.1 Å². The molecule has 1 spiro atoms. The van der Waals surface area contributed by atoms with Gasteiger partial charge >= 0.3 is 0 Å². The molecule has 3 heteroatoms. The van der Waals surface area contributed by atoms with Gasteiger partial charge in [-0.15, -0.1) is 0 Å². The first-order valence-electron chi connectivity index (χ1n) is 10.6. The molecule has 0 aromatic rings. The average molecular weight is 346 g/mol. The van der Waals surface area contributed by atoms with Crippen molar-refractivity contribution in [3.8, 4) is 6.07 Å². The maximum Gasteiger partial charge on any atom is 0.0684 e. The van der Waals surface area contributed by atoms with E-state index >= 15 is 0 Å². The van der Waals surface area contributed by atoms with E-state index in [1.54, 1.807) is 0 Å². The summed E-state index contributed by atoms with van der Waals surface area (Å²) < 4.78 is 0. The van der Waals surface area contributed by atoms with Crippen molar-refractivity contribution in [2.45, 2.75) is 83.6 Å². The number of likely N-dealkylation sites (tertiary alicyclic amines) is 1. The van der Waals surface area contributed by atoms with E-state index in [9.17, 15) is 5.26 Å².